The summed E-state index contributed by atoms with van der Waals surface area (Å²) in [6.45, 7) is 3.43. The molecular weight excluding hydrogens is 411 g/mol. The number of alkyl halides is 3. The molecule has 0 heterocycles. The molecule has 30 heavy (non-hydrogen) atoms. The number of rotatable bonds is 8. The lowest BCUT2D eigenvalue weighted by molar-refractivity contribution is -0.0884. The van der Waals surface area contributed by atoms with Crippen molar-refractivity contribution in [1.82, 2.24) is 4.31 Å². The van der Waals surface area contributed by atoms with Crippen LogP contribution in [-0.4, -0.2) is 25.4 Å². The lowest BCUT2D eigenvalue weighted by atomic mass is 10.1. The zero-order valence-electron chi connectivity index (χ0n) is 17.1. The van der Waals surface area contributed by atoms with E-state index in [9.17, 15) is 21.6 Å². The molecule has 3 nitrogen and oxygen atoms in total. The summed E-state index contributed by atoms with van der Waals surface area (Å²) >= 11 is 0. The molecule has 0 aliphatic heterocycles. The average Bonchev–Trinajstić information content (AvgIpc) is 2.69. The van der Waals surface area contributed by atoms with E-state index in [1.807, 2.05) is 19.1 Å². The summed E-state index contributed by atoms with van der Waals surface area (Å²) in [6.07, 6.45) is 9.27. The van der Waals surface area contributed by atoms with Gasteiger partial charge in [0.15, 0.2) is 0 Å². The van der Waals surface area contributed by atoms with E-state index in [1.165, 1.54) is 17.3 Å². The first-order valence-electron chi connectivity index (χ1n) is 9.67. The molecule has 7 heteroatoms. The van der Waals surface area contributed by atoms with Crippen LogP contribution < -0.4 is 0 Å². The van der Waals surface area contributed by atoms with E-state index in [0.29, 0.717) is 5.70 Å². The molecule has 0 atom stereocenters. The van der Waals surface area contributed by atoms with Gasteiger partial charge in [0.1, 0.15) is 0 Å². The number of hydrogen-bond acceptors (Lipinski definition) is 2. The van der Waals surface area contributed by atoms with Gasteiger partial charge in [-0.1, -0.05) is 60.2 Å². The van der Waals surface area contributed by atoms with Gasteiger partial charge in [-0.15, -0.1) is 0 Å². The number of sulfonamides is 1. The van der Waals surface area contributed by atoms with Gasteiger partial charge in [-0.3, -0.25) is 4.31 Å². The van der Waals surface area contributed by atoms with Crippen LogP contribution in [0.25, 0.3) is 0 Å². The fraction of sp³-hybridized carbons (Fsp3) is 0.304. The SMILES string of the molecule is C/C=C\C(=C/C/C=C/CN(C1=CCCC=C1)S(=O)(=O)c1ccc(C)cc1)C(F)(F)F. The van der Waals surface area contributed by atoms with Crippen LogP contribution in [-0.2, 0) is 10.0 Å². The molecule has 0 saturated carbocycles. The minimum Gasteiger partial charge on any atom is -0.263 e. The van der Waals surface area contributed by atoms with Crippen molar-refractivity contribution in [2.45, 2.75) is 44.2 Å². The van der Waals surface area contributed by atoms with Crippen molar-refractivity contribution < 1.29 is 21.6 Å². The predicted molar refractivity (Wildman–Crippen MR) is 114 cm³/mol. The van der Waals surface area contributed by atoms with Gasteiger partial charge in [0.25, 0.3) is 10.0 Å². The number of nitrogens with zero attached hydrogens (tertiary/aromatic N) is 1. The highest BCUT2D eigenvalue weighted by Crippen LogP contribution is 2.27. The first kappa shape index (κ1) is 23.7. The summed E-state index contributed by atoms with van der Waals surface area (Å²) in [6, 6.07) is 6.58. The smallest absolute Gasteiger partial charge is 0.263 e. The number of hydrogen-bond donors (Lipinski definition) is 0. The molecule has 2 rings (SSSR count). The maximum absolute atomic E-state index is 13.2. The van der Waals surface area contributed by atoms with Crippen LogP contribution in [0.3, 0.4) is 0 Å². The maximum atomic E-state index is 13.2. The van der Waals surface area contributed by atoms with E-state index in [4.69, 9.17) is 0 Å². The van der Waals surface area contributed by atoms with Gasteiger partial charge in [-0.2, -0.15) is 13.2 Å². The Labute approximate surface area is 176 Å². The van der Waals surface area contributed by atoms with Crippen molar-refractivity contribution in [2.75, 3.05) is 6.54 Å². The van der Waals surface area contributed by atoms with E-state index < -0.39 is 21.8 Å². The summed E-state index contributed by atoms with van der Waals surface area (Å²) in [5.74, 6) is 0. The molecule has 1 aliphatic rings. The Kier molecular flexibility index (Phi) is 8.29. The third-order valence-electron chi connectivity index (χ3n) is 4.46. The first-order chi connectivity index (χ1) is 14.2. The molecular formula is C23H26F3NO2S. The number of allylic oxidation sites excluding steroid dienone is 8. The van der Waals surface area contributed by atoms with E-state index in [2.05, 4.69) is 0 Å². The molecule has 0 amide bonds. The lowest BCUT2D eigenvalue weighted by Gasteiger charge is -2.25. The summed E-state index contributed by atoms with van der Waals surface area (Å²) in [5, 5.41) is 0. The van der Waals surface area contributed by atoms with Crippen molar-refractivity contribution in [3.05, 3.63) is 89.7 Å². The third-order valence-corrected chi connectivity index (χ3v) is 6.27. The number of benzene rings is 1. The molecule has 0 radical (unpaired) electrons. The molecule has 0 fully saturated rings. The van der Waals surface area contributed by atoms with E-state index in [1.54, 1.807) is 42.5 Å². The minimum atomic E-state index is -4.42. The average molecular weight is 438 g/mol. The van der Waals surface area contributed by atoms with Crippen LogP contribution in [0.5, 0.6) is 0 Å². The van der Waals surface area contributed by atoms with Crippen LogP contribution >= 0.6 is 0 Å². The Morgan fingerprint density at radius 2 is 1.83 bits per heavy atom. The van der Waals surface area contributed by atoms with Gasteiger partial charge in [-0.05, 0) is 51.3 Å². The van der Waals surface area contributed by atoms with Gasteiger partial charge in [0.05, 0.1) is 17.0 Å². The number of aryl methyl sites for hydroxylation is 1. The van der Waals surface area contributed by atoms with Gasteiger partial charge in [0.2, 0.25) is 0 Å². The monoisotopic (exact) mass is 437 g/mol. The van der Waals surface area contributed by atoms with Gasteiger partial charge < -0.3 is 0 Å². The fourth-order valence-electron chi connectivity index (χ4n) is 2.88. The Hall–Kier alpha value is -2.54. The zero-order valence-corrected chi connectivity index (χ0v) is 17.9. The Balaban J connectivity index is 2.23. The van der Waals surface area contributed by atoms with E-state index in [-0.39, 0.29) is 17.9 Å². The zero-order chi connectivity index (χ0) is 22.2. The number of halogens is 3. The second-order valence-electron chi connectivity index (χ2n) is 6.82. The third kappa shape index (κ3) is 6.49. The molecule has 0 aromatic heterocycles. The summed E-state index contributed by atoms with van der Waals surface area (Å²) in [7, 11) is -3.80. The van der Waals surface area contributed by atoms with Crippen molar-refractivity contribution in [2.24, 2.45) is 0 Å². The molecule has 0 saturated heterocycles. The second kappa shape index (κ2) is 10.5. The molecule has 1 aromatic rings. The van der Waals surface area contributed by atoms with Crippen LogP contribution in [0.2, 0.25) is 0 Å². The Morgan fingerprint density at radius 1 is 1.13 bits per heavy atom. The normalized spacial score (nSPS) is 15.8. The van der Waals surface area contributed by atoms with E-state index >= 15 is 0 Å². The molecule has 162 valence electrons. The summed E-state index contributed by atoms with van der Waals surface area (Å²) < 4.78 is 66.4. The first-order valence-corrected chi connectivity index (χ1v) is 11.1. The van der Waals surface area contributed by atoms with Crippen LogP contribution in [0, 0.1) is 6.92 Å². The van der Waals surface area contributed by atoms with Gasteiger partial charge >= 0.3 is 6.18 Å². The van der Waals surface area contributed by atoms with Crippen molar-refractivity contribution >= 4 is 10.0 Å². The predicted octanol–water partition coefficient (Wildman–Crippen LogP) is 6.23. The highest BCUT2D eigenvalue weighted by molar-refractivity contribution is 7.89. The second-order valence-corrected chi connectivity index (χ2v) is 8.68. The van der Waals surface area contributed by atoms with Gasteiger partial charge in [0, 0.05) is 5.70 Å². The largest absolute Gasteiger partial charge is 0.416 e. The highest BCUT2D eigenvalue weighted by Gasteiger charge is 2.31. The van der Waals surface area contributed by atoms with Gasteiger partial charge in [-0.25, -0.2) is 8.42 Å². The van der Waals surface area contributed by atoms with Crippen LogP contribution in [0.4, 0.5) is 13.2 Å². The topological polar surface area (TPSA) is 37.4 Å². The summed E-state index contributed by atoms with van der Waals surface area (Å²) in [5.41, 5.74) is 0.786. The van der Waals surface area contributed by atoms with Crippen LogP contribution in [0.1, 0.15) is 31.7 Å². The molecule has 0 unspecified atom stereocenters. The molecule has 1 aliphatic carbocycles. The fourth-order valence-corrected chi connectivity index (χ4v) is 4.31. The molecule has 0 bridgehead atoms. The maximum Gasteiger partial charge on any atom is 0.416 e. The quantitative estimate of drug-likeness (QED) is 0.357. The molecule has 0 N–H and O–H groups in total. The minimum absolute atomic E-state index is 0.0329. The highest BCUT2D eigenvalue weighted by atomic mass is 32.2. The van der Waals surface area contributed by atoms with Crippen molar-refractivity contribution in [3.8, 4) is 0 Å². The molecule has 0 spiro atoms. The lowest BCUT2D eigenvalue weighted by Crippen LogP contribution is -2.30. The standard InChI is InChI=1S/C23H26F3NO2S/c1-3-10-20(23(24,25)26)11-6-5-9-18-27(21-12-7-4-8-13-21)30(28,29)22-16-14-19(2)15-17-22/h3,5,7,9-17H,4,6,8,18H2,1-2H3/b9-5+,10-3-,20-11+. The Bertz CT molecular complexity index is 967. The Morgan fingerprint density at radius 3 is 2.40 bits per heavy atom. The molecule has 1 aromatic carbocycles. The van der Waals surface area contributed by atoms with Crippen molar-refractivity contribution in [3.63, 3.8) is 0 Å². The summed E-state index contributed by atoms with van der Waals surface area (Å²) in [4.78, 5) is 0.175. The van der Waals surface area contributed by atoms with Crippen LogP contribution in [0.15, 0.2) is 89.0 Å². The van der Waals surface area contributed by atoms with Crippen molar-refractivity contribution in [1.29, 1.82) is 0 Å². The van der Waals surface area contributed by atoms with E-state index in [0.717, 1.165) is 30.6 Å².